The van der Waals surface area contributed by atoms with E-state index in [1.165, 1.54) is 64.2 Å². The van der Waals surface area contributed by atoms with Crippen LogP contribution >= 0.6 is 0 Å². The highest BCUT2D eigenvalue weighted by atomic mass is 16.1. The molecule has 0 heterocycles. The summed E-state index contributed by atoms with van der Waals surface area (Å²) in [6.45, 7) is 12.1. The van der Waals surface area contributed by atoms with Gasteiger partial charge in [-0.25, -0.2) is 0 Å². The summed E-state index contributed by atoms with van der Waals surface area (Å²) < 4.78 is 0. The van der Waals surface area contributed by atoms with E-state index in [9.17, 15) is 4.79 Å². The molecule has 4 saturated carbocycles. The number of ketones is 1. The zero-order valence-corrected chi connectivity index (χ0v) is 19.4. The largest absolute Gasteiger partial charge is 0.299 e. The van der Waals surface area contributed by atoms with Gasteiger partial charge in [0.05, 0.1) is 0 Å². The maximum atomic E-state index is 13.0. The van der Waals surface area contributed by atoms with Crippen molar-refractivity contribution in [3.05, 3.63) is 0 Å². The predicted octanol–water partition coefficient (Wildman–Crippen LogP) is 7.68. The summed E-state index contributed by atoms with van der Waals surface area (Å²) in [4.78, 5) is 13.0. The van der Waals surface area contributed by atoms with Crippen molar-refractivity contribution in [3.8, 4) is 0 Å². The molecule has 4 aliphatic rings. The molecule has 4 aliphatic carbocycles. The lowest BCUT2D eigenvalue weighted by Gasteiger charge is -2.60. The van der Waals surface area contributed by atoms with Gasteiger partial charge in [-0.3, -0.25) is 4.79 Å². The fourth-order valence-electron chi connectivity index (χ4n) is 9.04. The first-order valence-corrected chi connectivity index (χ1v) is 12.8. The molecular formula is C27H46O. The summed E-state index contributed by atoms with van der Waals surface area (Å²) in [5.41, 5.74) is 1.07. The molecule has 160 valence electrons. The van der Waals surface area contributed by atoms with Crippen molar-refractivity contribution in [2.45, 2.75) is 112 Å². The Hall–Kier alpha value is -0.330. The fraction of sp³-hybridized carbons (Fsp3) is 0.963. The number of carbonyl (C=O) groups excluding carboxylic acids is 1. The van der Waals surface area contributed by atoms with Crippen molar-refractivity contribution in [2.75, 3.05) is 0 Å². The summed E-state index contributed by atoms with van der Waals surface area (Å²) in [6, 6.07) is 0. The Balaban J connectivity index is 1.50. The Kier molecular flexibility index (Phi) is 5.78. The Morgan fingerprint density at radius 2 is 1.61 bits per heavy atom. The van der Waals surface area contributed by atoms with E-state index in [0.717, 1.165) is 36.5 Å². The average Bonchev–Trinajstić information content (AvgIpc) is 3.02. The van der Waals surface area contributed by atoms with Crippen LogP contribution in [0.3, 0.4) is 0 Å². The zero-order valence-electron chi connectivity index (χ0n) is 19.4. The van der Waals surface area contributed by atoms with E-state index < -0.39 is 0 Å². The third kappa shape index (κ3) is 3.31. The Morgan fingerprint density at radius 3 is 2.36 bits per heavy atom. The minimum Gasteiger partial charge on any atom is -0.299 e. The minimum atomic E-state index is 0.284. The van der Waals surface area contributed by atoms with Crippen molar-refractivity contribution >= 4 is 5.78 Å². The average molecular weight is 387 g/mol. The Morgan fingerprint density at radius 1 is 0.857 bits per heavy atom. The van der Waals surface area contributed by atoms with Gasteiger partial charge in [0.1, 0.15) is 5.78 Å². The molecule has 1 nitrogen and oxygen atoms in total. The topological polar surface area (TPSA) is 17.1 Å². The molecule has 1 heteroatoms. The normalized spacial score (nSPS) is 46.6. The van der Waals surface area contributed by atoms with Gasteiger partial charge in [0.15, 0.2) is 0 Å². The molecule has 0 aromatic carbocycles. The molecule has 0 unspecified atom stereocenters. The van der Waals surface area contributed by atoms with Crippen LogP contribution in [0.25, 0.3) is 0 Å². The van der Waals surface area contributed by atoms with E-state index >= 15 is 0 Å². The van der Waals surface area contributed by atoms with Crippen LogP contribution in [-0.2, 0) is 4.79 Å². The monoisotopic (exact) mass is 386 g/mol. The maximum absolute atomic E-state index is 13.0. The van der Waals surface area contributed by atoms with E-state index in [1.807, 2.05) is 0 Å². The van der Waals surface area contributed by atoms with Crippen molar-refractivity contribution in [1.29, 1.82) is 0 Å². The van der Waals surface area contributed by atoms with Crippen LogP contribution in [-0.4, -0.2) is 5.78 Å². The summed E-state index contributed by atoms with van der Waals surface area (Å²) in [6.07, 6.45) is 16.4. The number of carbonyl (C=O) groups is 1. The summed E-state index contributed by atoms with van der Waals surface area (Å²) >= 11 is 0. The van der Waals surface area contributed by atoms with Gasteiger partial charge < -0.3 is 0 Å². The molecule has 0 spiro atoms. The molecule has 0 bridgehead atoms. The van der Waals surface area contributed by atoms with Crippen LogP contribution in [0.5, 0.6) is 0 Å². The van der Waals surface area contributed by atoms with Crippen LogP contribution in [0.1, 0.15) is 112 Å². The zero-order chi connectivity index (χ0) is 20.1. The van der Waals surface area contributed by atoms with Crippen LogP contribution in [0, 0.1) is 52.3 Å². The molecule has 0 saturated heterocycles. The number of hydrogen-bond donors (Lipinski definition) is 0. The molecule has 0 aromatic heterocycles. The smallest absolute Gasteiger partial charge is 0.136 e. The molecule has 8 atom stereocenters. The van der Waals surface area contributed by atoms with Crippen molar-refractivity contribution in [3.63, 3.8) is 0 Å². The van der Waals surface area contributed by atoms with E-state index in [-0.39, 0.29) is 5.92 Å². The van der Waals surface area contributed by atoms with E-state index in [2.05, 4.69) is 34.6 Å². The lowest BCUT2D eigenvalue weighted by atomic mass is 9.44. The van der Waals surface area contributed by atoms with E-state index in [1.54, 1.807) is 0 Å². The number of Topliss-reactive ketones (excluding diaryl/α,β-unsaturated/α-hetero) is 1. The Labute approximate surface area is 174 Å². The van der Waals surface area contributed by atoms with Gasteiger partial charge in [-0.1, -0.05) is 47.5 Å². The van der Waals surface area contributed by atoms with Crippen LogP contribution < -0.4 is 0 Å². The van der Waals surface area contributed by atoms with Gasteiger partial charge >= 0.3 is 0 Å². The second kappa shape index (κ2) is 7.73. The van der Waals surface area contributed by atoms with Gasteiger partial charge in [0, 0.05) is 12.3 Å². The molecule has 4 rings (SSSR count). The highest BCUT2D eigenvalue weighted by molar-refractivity contribution is 5.81. The first-order chi connectivity index (χ1) is 13.3. The molecular weight excluding hydrogens is 340 g/mol. The third-order valence-electron chi connectivity index (χ3n) is 10.7. The highest BCUT2D eigenvalue weighted by Crippen LogP contribution is 2.68. The van der Waals surface area contributed by atoms with Crippen molar-refractivity contribution in [1.82, 2.24) is 0 Å². The fourth-order valence-corrected chi connectivity index (χ4v) is 9.04. The SMILES string of the molecule is CC(C)CCC(=O)[C@@H](C)[C@@H]1CC[C@H]2[C@@H]3CC[C@H]4CCCC[C@]4(C)[C@H]3CC[C@]21C. The number of hydrogen-bond acceptors (Lipinski definition) is 1. The quantitative estimate of drug-likeness (QED) is 0.473. The Bertz CT molecular complexity index is 579. The standard InChI is InChI=1S/C27H46O/c1-18(2)9-14-25(28)19(3)22-12-13-23-21-11-10-20-8-6-7-16-26(20,4)24(21)15-17-27(22,23)5/h18-24H,6-17H2,1-5H3/t19-,20+,21-,22-,23-,24-,26-,27-/m0/s1. The molecule has 4 fully saturated rings. The van der Waals surface area contributed by atoms with Gasteiger partial charge in [-0.15, -0.1) is 0 Å². The predicted molar refractivity (Wildman–Crippen MR) is 118 cm³/mol. The lowest BCUT2D eigenvalue weighted by molar-refractivity contribution is -0.131. The van der Waals surface area contributed by atoms with E-state index in [4.69, 9.17) is 0 Å². The molecule has 0 aliphatic heterocycles. The number of fused-ring (bicyclic) bond motifs is 5. The molecule has 0 N–H and O–H groups in total. The van der Waals surface area contributed by atoms with Crippen molar-refractivity contribution < 1.29 is 4.79 Å². The van der Waals surface area contributed by atoms with Gasteiger partial charge in [0.2, 0.25) is 0 Å². The molecule has 0 amide bonds. The third-order valence-corrected chi connectivity index (χ3v) is 10.7. The molecule has 0 radical (unpaired) electrons. The molecule has 0 aromatic rings. The molecule has 28 heavy (non-hydrogen) atoms. The van der Waals surface area contributed by atoms with Crippen molar-refractivity contribution in [2.24, 2.45) is 52.3 Å². The second-order valence-electron chi connectivity index (χ2n) is 12.3. The van der Waals surface area contributed by atoms with Gasteiger partial charge in [-0.2, -0.15) is 0 Å². The first kappa shape index (κ1) is 20.9. The van der Waals surface area contributed by atoms with Crippen LogP contribution in [0.2, 0.25) is 0 Å². The summed E-state index contributed by atoms with van der Waals surface area (Å²) in [5, 5.41) is 0. The first-order valence-electron chi connectivity index (χ1n) is 12.8. The summed E-state index contributed by atoms with van der Waals surface area (Å²) in [7, 11) is 0. The van der Waals surface area contributed by atoms with Crippen LogP contribution in [0.4, 0.5) is 0 Å². The summed E-state index contributed by atoms with van der Waals surface area (Å²) in [5.74, 6) is 5.99. The van der Waals surface area contributed by atoms with Gasteiger partial charge in [0.25, 0.3) is 0 Å². The van der Waals surface area contributed by atoms with E-state index in [0.29, 0.717) is 28.4 Å². The highest BCUT2D eigenvalue weighted by Gasteiger charge is 2.60. The maximum Gasteiger partial charge on any atom is 0.136 e. The van der Waals surface area contributed by atoms with Crippen LogP contribution in [0.15, 0.2) is 0 Å². The number of rotatable bonds is 5. The minimum absolute atomic E-state index is 0.284. The van der Waals surface area contributed by atoms with Gasteiger partial charge in [-0.05, 0) is 104 Å². The lowest BCUT2D eigenvalue weighted by Crippen LogP contribution is -2.53. The second-order valence-corrected chi connectivity index (χ2v) is 12.3.